The quantitative estimate of drug-likeness (QED) is 0.219. The van der Waals surface area contributed by atoms with E-state index in [1.165, 1.54) is 12.3 Å². The van der Waals surface area contributed by atoms with E-state index < -0.39 is 55.0 Å². The van der Waals surface area contributed by atoms with Crippen molar-refractivity contribution < 1.29 is 33.2 Å². The number of carbonyl (C=O) groups is 1. The molecule has 0 bridgehead atoms. The molecule has 37 heavy (non-hydrogen) atoms. The lowest BCUT2D eigenvalue weighted by molar-refractivity contribution is -0.227. The van der Waals surface area contributed by atoms with Crippen LogP contribution in [0, 0.1) is 0 Å². The minimum Gasteiger partial charge on any atom is -0.465 e. The molecule has 0 radical (unpaired) electrons. The second-order valence-corrected chi connectivity index (χ2v) is 10.9. The standard InChI is InChI=1S/C24H32N3O9P/c1-4-5-14-32-20(30)16(2)26-37(3,35-17-9-7-6-8-10-17)36-21-19(29)24(12-15-33-24)22(34-21)27-13-11-18(28)25-23(27)31/h6-11,13,16,19,21-22,26,29H,3-5,12,14-15H2,1-2H3,(H,25,28,31)/t16-,19+,21+,22+,24+,37?/m0/s1. The number of rotatable bonds is 11. The van der Waals surface area contributed by atoms with E-state index >= 15 is 0 Å². The molecule has 2 saturated heterocycles. The molecule has 4 rings (SSSR count). The van der Waals surface area contributed by atoms with Gasteiger partial charge in [0.15, 0.2) is 12.5 Å². The number of para-hydroxylation sites is 1. The number of aromatic nitrogens is 2. The van der Waals surface area contributed by atoms with Gasteiger partial charge in [-0.1, -0.05) is 31.5 Å². The van der Waals surface area contributed by atoms with Gasteiger partial charge in [-0.2, -0.15) is 0 Å². The molecule has 202 valence electrons. The molecule has 1 unspecified atom stereocenters. The predicted octanol–water partition coefficient (Wildman–Crippen LogP) is 1.52. The highest BCUT2D eigenvalue weighted by Crippen LogP contribution is 2.53. The number of unbranched alkanes of at least 4 members (excludes halogenated alkanes) is 1. The summed E-state index contributed by atoms with van der Waals surface area (Å²) in [6, 6.07) is 9.05. The van der Waals surface area contributed by atoms with E-state index in [4.69, 9.17) is 23.3 Å². The van der Waals surface area contributed by atoms with Crippen molar-refractivity contribution in [1.82, 2.24) is 14.6 Å². The molecule has 2 fully saturated rings. The zero-order valence-electron chi connectivity index (χ0n) is 20.7. The van der Waals surface area contributed by atoms with Gasteiger partial charge in [0.05, 0.1) is 13.2 Å². The Bertz CT molecular complexity index is 1240. The average molecular weight is 538 g/mol. The monoisotopic (exact) mass is 537 g/mol. The first kappa shape index (κ1) is 27.3. The van der Waals surface area contributed by atoms with Crippen molar-refractivity contribution in [2.45, 2.75) is 63.4 Å². The van der Waals surface area contributed by atoms with Crippen LogP contribution in [0.4, 0.5) is 0 Å². The van der Waals surface area contributed by atoms with E-state index in [0.717, 1.165) is 17.4 Å². The normalized spacial score (nSPS) is 27.3. The molecule has 0 aliphatic carbocycles. The Balaban J connectivity index is 1.58. The lowest BCUT2D eigenvalue weighted by Gasteiger charge is -2.43. The summed E-state index contributed by atoms with van der Waals surface area (Å²) in [5.41, 5.74) is -2.58. The number of nitrogens with zero attached hydrogens (tertiary/aromatic N) is 1. The van der Waals surface area contributed by atoms with E-state index in [2.05, 4.69) is 16.4 Å². The number of aliphatic hydroxyl groups excluding tert-OH is 1. The summed E-state index contributed by atoms with van der Waals surface area (Å²) in [4.78, 5) is 38.7. The molecule has 2 aliphatic heterocycles. The van der Waals surface area contributed by atoms with Crippen LogP contribution in [0.3, 0.4) is 0 Å². The van der Waals surface area contributed by atoms with Gasteiger partial charge < -0.3 is 23.8 Å². The number of aromatic amines is 1. The molecule has 3 N–H and O–H groups in total. The Morgan fingerprint density at radius 1 is 1.35 bits per heavy atom. The van der Waals surface area contributed by atoms with Crippen molar-refractivity contribution in [2.24, 2.45) is 0 Å². The number of carbonyl (C=O) groups excluding carboxylic acids is 1. The third kappa shape index (κ3) is 5.90. The first-order valence-corrected chi connectivity index (χ1v) is 13.9. The van der Waals surface area contributed by atoms with Crippen molar-refractivity contribution in [3.63, 3.8) is 0 Å². The Morgan fingerprint density at radius 3 is 2.70 bits per heavy atom. The molecule has 2 aliphatic rings. The number of aliphatic hydroxyl groups is 1. The predicted molar refractivity (Wildman–Crippen MR) is 135 cm³/mol. The van der Waals surface area contributed by atoms with Crippen LogP contribution in [-0.4, -0.2) is 64.2 Å². The third-order valence-electron chi connectivity index (χ3n) is 6.16. The fourth-order valence-corrected chi connectivity index (χ4v) is 5.96. The van der Waals surface area contributed by atoms with Gasteiger partial charge in [-0.05, 0) is 31.8 Å². The van der Waals surface area contributed by atoms with Crippen molar-refractivity contribution in [3.05, 3.63) is 63.4 Å². The number of benzene rings is 1. The molecule has 0 saturated carbocycles. The van der Waals surface area contributed by atoms with Gasteiger partial charge in [0.25, 0.3) is 5.56 Å². The zero-order valence-corrected chi connectivity index (χ0v) is 21.6. The maximum absolute atomic E-state index is 12.5. The fraction of sp³-hybridized carbons (Fsp3) is 0.500. The summed E-state index contributed by atoms with van der Waals surface area (Å²) in [5.74, 6) is -0.0912. The van der Waals surface area contributed by atoms with E-state index in [1.807, 2.05) is 13.0 Å². The maximum Gasteiger partial charge on any atom is 0.330 e. The summed E-state index contributed by atoms with van der Waals surface area (Å²) in [6.45, 7) is 4.20. The molecule has 12 nitrogen and oxygen atoms in total. The largest absolute Gasteiger partial charge is 0.465 e. The Kier molecular flexibility index (Phi) is 8.37. The average Bonchev–Trinajstić information content (AvgIpc) is 3.11. The van der Waals surface area contributed by atoms with Crippen LogP contribution in [0.1, 0.15) is 39.3 Å². The van der Waals surface area contributed by atoms with Crippen molar-refractivity contribution >= 4 is 19.8 Å². The smallest absolute Gasteiger partial charge is 0.330 e. The summed E-state index contributed by atoms with van der Waals surface area (Å²) >= 11 is 0. The van der Waals surface area contributed by atoms with Crippen LogP contribution in [0.15, 0.2) is 52.2 Å². The van der Waals surface area contributed by atoms with Crippen LogP contribution in [-0.2, 0) is 23.5 Å². The molecule has 6 atom stereocenters. The number of esters is 1. The summed E-state index contributed by atoms with van der Waals surface area (Å²) in [6.07, 6.45) is 3.59. The van der Waals surface area contributed by atoms with Crippen LogP contribution in [0.25, 0.3) is 0 Å². The van der Waals surface area contributed by atoms with Gasteiger partial charge in [-0.15, -0.1) is 0 Å². The van der Waals surface area contributed by atoms with Crippen LogP contribution in [0.5, 0.6) is 5.75 Å². The number of hydrogen-bond donors (Lipinski definition) is 3. The van der Waals surface area contributed by atoms with Crippen LogP contribution >= 0.6 is 7.49 Å². The van der Waals surface area contributed by atoms with Gasteiger partial charge in [-0.25, -0.2) is 9.88 Å². The van der Waals surface area contributed by atoms with E-state index in [9.17, 15) is 19.5 Å². The number of nitrogens with one attached hydrogen (secondary N) is 2. The van der Waals surface area contributed by atoms with Crippen molar-refractivity contribution in [3.8, 4) is 5.75 Å². The highest BCUT2D eigenvalue weighted by Gasteiger charge is 2.63. The molecule has 3 heterocycles. The molecular formula is C24H32N3O9P. The second-order valence-electron chi connectivity index (χ2n) is 8.93. The second kappa shape index (κ2) is 11.3. The SMILES string of the molecule is C=P(N[C@@H](C)C(=O)OCCCC)(Oc1ccccc1)O[C@H]1O[C@@H](n2ccc(=O)[nH]c2=O)[C@@]2(CCO2)[C@@H]1O. The first-order valence-electron chi connectivity index (χ1n) is 12.1. The van der Waals surface area contributed by atoms with Gasteiger partial charge >= 0.3 is 11.7 Å². The van der Waals surface area contributed by atoms with Gasteiger partial charge in [0.2, 0.25) is 7.49 Å². The van der Waals surface area contributed by atoms with Gasteiger partial charge in [0.1, 0.15) is 23.5 Å². The summed E-state index contributed by atoms with van der Waals surface area (Å²) in [5, 5.41) is 14.2. The third-order valence-corrected chi connectivity index (χ3v) is 8.00. The minimum atomic E-state index is -3.39. The zero-order chi connectivity index (χ0) is 26.6. The molecule has 1 aromatic carbocycles. The van der Waals surface area contributed by atoms with Crippen LogP contribution < -0.4 is 20.9 Å². The Labute approximate surface area is 213 Å². The van der Waals surface area contributed by atoms with E-state index in [-0.39, 0.29) is 6.61 Å². The highest BCUT2D eigenvalue weighted by molar-refractivity contribution is 7.62. The highest BCUT2D eigenvalue weighted by atomic mass is 31.2. The van der Waals surface area contributed by atoms with Gasteiger partial charge in [-0.3, -0.25) is 23.7 Å². The maximum atomic E-state index is 12.5. The summed E-state index contributed by atoms with van der Waals surface area (Å²) < 4.78 is 30.3. The number of hydrogen-bond acceptors (Lipinski definition) is 10. The lowest BCUT2D eigenvalue weighted by Crippen LogP contribution is -2.57. The van der Waals surface area contributed by atoms with Crippen LogP contribution in [0.2, 0.25) is 0 Å². The van der Waals surface area contributed by atoms with Gasteiger partial charge in [0, 0.05) is 18.7 Å². The molecule has 1 aromatic heterocycles. The molecule has 0 amide bonds. The molecule has 1 spiro atoms. The minimum absolute atomic E-state index is 0.282. The fourth-order valence-electron chi connectivity index (χ4n) is 4.14. The Morgan fingerprint density at radius 2 is 2.08 bits per heavy atom. The summed E-state index contributed by atoms with van der Waals surface area (Å²) in [7, 11) is -3.39. The Hall–Kier alpha value is -2.73. The van der Waals surface area contributed by atoms with E-state index in [0.29, 0.717) is 18.8 Å². The number of H-pyrrole nitrogens is 1. The topological polar surface area (TPSA) is 150 Å². The molecule has 13 heteroatoms. The van der Waals surface area contributed by atoms with Crippen molar-refractivity contribution in [2.75, 3.05) is 13.2 Å². The molecular weight excluding hydrogens is 505 g/mol. The number of ether oxygens (including phenoxy) is 3. The lowest BCUT2D eigenvalue weighted by atomic mass is 9.88. The molecule has 2 aromatic rings. The first-order chi connectivity index (χ1) is 17.7. The van der Waals surface area contributed by atoms with Crippen molar-refractivity contribution in [1.29, 1.82) is 0 Å². The van der Waals surface area contributed by atoms with E-state index in [1.54, 1.807) is 31.2 Å².